The number of hydrogen-bond donors (Lipinski definition) is 1. The molecular formula is C9H4Cl2F3N5O2. The molecule has 0 fully saturated rings. The topological polar surface area (TPSA) is 99.9 Å². The van der Waals surface area contributed by atoms with Crippen LogP contribution in [0.3, 0.4) is 0 Å². The van der Waals surface area contributed by atoms with Crippen molar-refractivity contribution >= 4 is 34.7 Å². The van der Waals surface area contributed by atoms with E-state index in [9.17, 15) is 23.3 Å². The van der Waals surface area contributed by atoms with Crippen molar-refractivity contribution in [1.82, 2.24) is 14.8 Å². The minimum Gasteiger partial charge on any atom is -0.378 e. The molecule has 0 aliphatic rings. The average molecular weight is 342 g/mol. The Morgan fingerprint density at radius 3 is 2.43 bits per heavy atom. The Labute approximate surface area is 124 Å². The zero-order valence-electron chi connectivity index (χ0n) is 9.73. The highest BCUT2D eigenvalue weighted by molar-refractivity contribution is 6.37. The van der Waals surface area contributed by atoms with Gasteiger partial charge in [-0.15, -0.1) is 0 Å². The van der Waals surface area contributed by atoms with E-state index >= 15 is 0 Å². The van der Waals surface area contributed by atoms with Gasteiger partial charge in [0.05, 0.1) is 9.95 Å². The predicted octanol–water partition coefficient (Wildman–Crippen LogP) is 3.08. The van der Waals surface area contributed by atoms with Crippen LogP contribution in [-0.4, -0.2) is 19.7 Å². The van der Waals surface area contributed by atoms with Crippen LogP contribution in [0, 0.1) is 10.1 Å². The monoisotopic (exact) mass is 341 g/mol. The number of nitro groups is 1. The van der Waals surface area contributed by atoms with Crippen molar-refractivity contribution in [3.8, 4) is 5.69 Å². The van der Waals surface area contributed by atoms with E-state index in [0.717, 1.165) is 10.9 Å². The summed E-state index contributed by atoms with van der Waals surface area (Å²) in [7, 11) is 0. The highest BCUT2D eigenvalue weighted by Crippen LogP contribution is 2.36. The van der Waals surface area contributed by atoms with E-state index < -0.39 is 38.5 Å². The molecule has 2 aromatic heterocycles. The molecule has 2 heterocycles. The first-order chi connectivity index (χ1) is 9.62. The zero-order valence-corrected chi connectivity index (χ0v) is 11.2. The molecule has 2 N–H and O–H groups in total. The standard InChI is InChI=1S/C9H4Cl2F3N5O2/c10-3-1-5(9(12,13)14)17-7(11)6(3)18-8(15)4(2-16-18)19(20)21/h1-2H,15H2. The van der Waals surface area contributed by atoms with Crippen LogP contribution in [0.1, 0.15) is 5.69 Å². The van der Waals surface area contributed by atoms with Crippen molar-refractivity contribution in [2.24, 2.45) is 0 Å². The summed E-state index contributed by atoms with van der Waals surface area (Å²) in [5.41, 5.74) is 3.36. The fourth-order valence-corrected chi connectivity index (χ4v) is 2.07. The summed E-state index contributed by atoms with van der Waals surface area (Å²) in [6, 6.07) is 0.524. The van der Waals surface area contributed by atoms with Gasteiger partial charge in [-0.25, -0.2) is 9.67 Å². The Balaban J connectivity index is 2.63. The van der Waals surface area contributed by atoms with Gasteiger partial charge in [-0.3, -0.25) is 10.1 Å². The van der Waals surface area contributed by atoms with E-state index in [1.165, 1.54) is 0 Å². The number of nitrogens with two attached hydrogens (primary N) is 1. The maximum Gasteiger partial charge on any atom is 0.433 e. The molecule has 0 unspecified atom stereocenters. The number of hydrogen-bond acceptors (Lipinski definition) is 5. The molecule has 0 spiro atoms. The van der Waals surface area contributed by atoms with Crippen molar-refractivity contribution in [1.29, 1.82) is 0 Å². The van der Waals surface area contributed by atoms with Crippen LogP contribution < -0.4 is 5.73 Å². The van der Waals surface area contributed by atoms with Crippen LogP contribution >= 0.6 is 23.2 Å². The van der Waals surface area contributed by atoms with Crippen LogP contribution in [0.5, 0.6) is 0 Å². The van der Waals surface area contributed by atoms with Gasteiger partial charge in [-0.05, 0) is 6.07 Å². The van der Waals surface area contributed by atoms with Gasteiger partial charge in [0, 0.05) is 0 Å². The van der Waals surface area contributed by atoms with Crippen molar-refractivity contribution in [3.05, 3.63) is 38.2 Å². The summed E-state index contributed by atoms with van der Waals surface area (Å²) in [5, 5.41) is 13.2. The minimum absolute atomic E-state index is 0.281. The van der Waals surface area contributed by atoms with Gasteiger partial charge in [0.15, 0.2) is 5.15 Å². The molecular weight excluding hydrogens is 338 g/mol. The van der Waals surface area contributed by atoms with Crippen molar-refractivity contribution in [2.75, 3.05) is 5.73 Å². The summed E-state index contributed by atoms with van der Waals surface area (Å²) >= 11 is 11.4. The Kier molecular flexibility index (Phi) is 3.68. The Hall–Kier alpha value is -2.07. The molecule has 0 aliphatic heterocycles. The maximum absolute atomic E-state index is 12.6. The molecule has 112 valence electrons. The van der Waals surface area contributed by atoms with Crippen LogP contribution in [0.15, 0.2) is 12.3 Å². The summed E-state index contributed by atoms with van der Waals surface area (Å²) in [6.45, 7) is 0. The second kappa shape index (κ2) is 5.04. The smallest absolute Gasteiger partial charge is 0.378 e. The van der Waals surface area contributed by atoms with Crippen molar-refractivity contribution in [2.45, 2.75) is 6.18 Å². The predicted molar refractivity (Wildman–Crippen MR) is 67.4 cm³/mol. The minimum atomic E-state index is -4.74. The zero-order chi connectivity index (χ0) is 15.9. The number of alkyl halides is 3. The molecule has 7 nitrogen and oxygen atoms in total. The van der Waals surface area contributed by atoms with Crippen molar-refractivity contribution in [3.63, 3.8) is 0 Å². The second-order valence-corrected chi connectivity index (χ2v) is 4.48. The highest BCUT2D eigenvalue weighted by Gasteiger charge is 2.34. The lowest BCUT2D eigenvalue weighted by molar-refractivity contribution is -0.383. The van der Waals surface area contributed by atoms with Gasteiger partial charge in [0.1, 0.15) is 17.6 Å². The molecule has 0 amide bonds. The largest absolute Gasteiger partial charge is 0.433 e. The quantitative estimate of drug-likeness (QED) is 0.514. The lowest BCUT2D eigenvalue weighted by Crippen LogP contribution is -2.11. The van der Waals surface area contributed by atoms with Gasteiger partial charge < -0.3 is 5.73 Å². The molecule has 0 bridgehead atoms. The number of pyridine rings is 1. The van der Waals surface area contributed by atoms with Crippen LogP contribution in [0.25, 0.3) is 5.69 Å². The lowest BCUT2D eigenvalue weighted by Gasteiger charge is -2.11. The van der Waals surface area contributed by atoms with E-state index in [2.05, 4.69) is 10.1 Å². The van der Waals surface area contributed by atoms with Crippen LogP contribution in [-0.2, 0) is 6.18 Å². The number of nitrogen functional groups attached to an aromatic ring is 1. The molecule has 12 heteroatoms. The van der Waals surface area contributed by atoms with E-state index in [1.54, 1.807) is 0 Å². The molecule has 0 saturated heterocycles. The maximum atomic E-state index is 12.6. The molecule has 0 aliphatic carbocycles. The number of anilines is 1. The Bertz CT molecular complexity index is 708. The van der Waals surface area contributed by atoms with Crippen molar-refractivity contribution < 1.29 is 18.1 Å². The van der Waals surface area contributed by atoms with E-state index in [4.69, 9.17) is 28.9 Å². The van der Waals surface area contributed by atoms with Gasteiger partial charge in [0.2, 0.25) is 5.82 Å². The third kappa shape index (κ3) is 2.72. The van der Waals surface area contributed by atoms with Crippen LogP contribution in [0.2, 0.25) is 10.2 Å². The fourth-order valence-electron chi connectivity index (χ4n) is 1.48. The first-order valence-corrected chi connectivity index (χ1v) is 5.80. The van der Waals surface area contributed by atoms with E-state index in [-0.39, 0.29) is 5.69 Å². The summed E-state index contributed by atoms with van der Waals surface area (Å²) in [5.74, 6) is -0.439. The highest BCUT2D eigenvalue weighted by atomic mass is 35.5. The molecule has 0 saturated carbocycles. The van der Waals surface area contributed by atoms with E-state index in [1.807, 2.05) is 0 Å². The molecule has 21 heavy (non-hydrogen) atoms. The lowest BCUT2D eigenvalue weighted by atomic mass is 10.3. The Morgan fingerprint density at radius 1 is 1.38 bits per heavy atom. The summed E-state index contributed by atoms with van der Waals surface area (Å²) < 4.78 is 38.4. The normalized spacial score (nSPS) is 11.7. The van der Waals surface area contributed by atoms with Gasteiger partial charge in [0.25, 0.3) is 0 Å². The first-order valence-electron chi connectivity index (χ1n) is 5.04. The third-order valence-electron chi connectivity index (χ3n) is 2.39. The molecule has 0 atom stereocenters. The molecule has 0 aromatic carbocycles. The Morgan fingerprint density at radius 2 is 2.00 bits per heavy atom. The average Bonchev–Trinajstić information content (AvgIpc) is 2.69. The number of aromatic nitrogens is 3. The number of rotatable bonds is 2. The first kappa shape index (κ1) is 15.3. The van der Waals surface area contributed by atoms with Gasteiger partial charge in [-0.2, -0.15) is 18.3 Å². The fraction of sp³-hybridized carbons (Fsp3) is 0.111. The van der Waals surface area contributed by atoms with Gasteiger partial charge >= 0.3 is 11.9 Å². The number of halogens is 5. The van der Waals surface area contributed by atoms with Crippen LogP contribution in [0.4, 0.5) is 24.7 Å². The van der Waals surface area contributed by atoms with E-state index in [0.29, 0.717) is 6.07 Å². The SMILES string of the molecule is Nc1c([N+](=O)[O-])cnn1-c1c(Cl)cc(C(F)(F)F)nc1Cl. The second-order valence-electron chi connectivity index (χ2n) is 3.71. The molecule has 2 rings (SSSR count). The van der Waals surface area contributed by atoms with Gasteiger partial charge in [-0.1, -0.05) is 23.2 Å². The molecule has 0 radical (unpaired) electrons. The number of nitrogens with zero attached hydrogens (tertiary/aromatic N) is 4. The third-order valence-corrected chi connectivity index (χ3v) is 2.94. The summed E-state index contributed by atoms with van der Waals surface area (Å²) in [4.78, 5) is 13.0. The summed E-state index contributed by atoms with van der Waals surface area (Å²) in [6.07, 6.45) is -3.92. The molecule has 2 aromatic rings.